The molecule has 0 rings (SSSR count). The predicted molar refractivity (Wildman–Crippen MR) is 63.0 cm³/mol. The van der Waals surface area contributed by atoms with Crippen molar-refractivity contribution in [3.8, 4) is 0 Å². The van der Waals surface area contributed by atoms with E-state index in [0.29, 0.717) is 0 Å². The highest BCUT2D eigenvalue weighted by molar-refractivity contribution is 7.87. The molecule has 0 heterocycles. The first-order chi connectivity index (χ1) is 8.58. The van der Waals surface area contributed by atoms with Crippen molar-refractivity contribution in [1.82, 2.24) is 9.03 Å². The molecule has 0 aromatic rings. The number of nitrogens with one attached hydrogen (secondary N) is 2. The normalized spacial score (nSPS) is 12.9. The Balaban J connectivity index is 4.65. The number of amidine groups is 1. The van der Waals surface area contributed by atoms with Gasteiger partial charge in [-0.3, -0.25) is 5.41 Å². The Kier molecular flexibility index (Phi) is 7.26. The van der Waals surface area contributed by atoms with E-state index in [2.05, 4.69) is 4.74 Å². The van der Waals surface area contributed by atoms with Gasteiger partial charge in [0.15, 0.2) is 0 Å². The number of methoxy groups -OCH3 is 1. The maximum absolute atomic E-state index is 12.0. The van der Waals surface area contributed by atoms with Crippen molar-refractivity contribution in [2.45, 2.75) is 12.6 Å². The van der Waals surface area contributed by atoms with Crippen molar-refractivity contribution in [1.29, 1.82) is 5.41 Å². The van der Waals surface area contributed by atoms with Crippen molar-refractivity contribution in [2.75, 3.05) is 33.4 Å². The first-order valence-corrected chi connectivity index (χ1v) is 6.66. The van der Waals surface area contributed by atoms with E-state index in [1.807, 2.05) is 0 Å². The van der Waals surface area contributed by atoms with Crippen molar-refractivity contribution in [3.63, 3.8) is 0 Å². The minimum absolute atomic E-state index is 0.0187. The van der Waals surface area contributed by atoms with Crippen molar-refractivity contribution in [3.05, 3.63) is 0 Å². The second kappa shape index (κ2) is 7.62. The van der Waals surface area contributed by atoms with Gasteiger partial charge in [0, 0.05) is 26.6 Å². The van der Waals surface area contributed by atoms with E-state index in [-0.39, 0.29) is 32.0 Å². The van der Waals surface area contributed by atoms with Crippen molar-refractivity contribution >= 4 is 16.0 Å². The Bertz CT molecular complexity index is 385. The van der Waals surface area contributed by atoms with Gasteiger partial charge < -0.3 is 10.5 Å². The molecule has 0 aliphatic rings. The van der Waals surface area contributed by atoms with Gasteiger partial charge in [-0.1, -0.05) is 0 Å². The summed E-state index contributed by atoms with van der Waals surface area (Å²) in [6.45, 7) is -1.95. The molecular formula is C8H17F3N4O3S. The molecule has 11 heteroatoms. The monoisotopic (exact) mass is 306 g/mol. The van der Waals surface area contributed by atoms with E-state index in [0.717, 1.165) is 4.31 Å². The summed E-state index contributed by atoms with van der Waals surface area (Å²) in [7, 11) is -2.96. The van der Waals surface area contributed by atoms with Gasteiger partial charge in [-0.2, -0.15) is 30.6 Å². The van der Waals surface area contributed by atoms with Crippen LogP contribution in [-0.4, -0.2) is 58.1 Å². The lowest BCUT2D eigenvalue weighted by molar-refractivity contribution is -0.121. The highest BCUT2D eigenvalue weighted by Crippen LogP contribution is 2.13. The van der Waals surface area contributed by atoms with Crippen LogP contribution >= 0.6 is 0 Å². The fourth-order valence-corrected chi connectivity index (χ4v) is 2.23. The summed E-state index contributed by atoms with van der Waals surface area (Å²) in [5, 5.41) is 7.00. The second-order valence-corrected chi connectivity index (χ2v) is 5.36. The Morgan fingerprint density at radius 1 is 1.42 bits per heavy atom. The van der Waals surface area contributed by atoms with Crippen molar-refractivity contribution in [2.24, 2.45) is 5.73 Å². The molecule has 0 bridgehead atoms. The summed E-state index contributed by atoms with van der Waals surface area (Å²) in [6, 6.07) is 0. The lowest BCUT2D eigenvalue weighted by Gasteiger charge is -2.22. The number of hydrogen-bond donors (Lipinski definition) is 3. The number of alkyl halides is 3. The molecular weight excluding hydrogens is 289 g/mol. The number of rotatable bonds is 9. The lowest BCUT2D eigenvalue weighted by Crippen LogP contribution is -2.46. The summed E-state index contributed by atoms with van der Waals surface area (Å²) in [5.74, 6) is -0.256. The standard InChI is InChI=1S/C8H17F3N4O3S/c1-18-5-4-15(3-2-7(12)13)19(16,17)14-6-8(9,10)11/h14H,2-6H2,1H3,(H3,12,13). The van der Waals surface area contributed by atoms with Crippen LogP contribution < -0.4 is 10.5 Å². The molecule has 0 atom stereocenters. The van der Waals surface area contributed by atoms with E-state index in [1.54, 1.807) is 0 Å². The molecule has 0 aliphatic heterocycles. The molecule has 0 fully saturated rings. The molecule has 0 aromatic heterocycles. The van der Waals surface area contributed by atoms with Crippen LogP contribution in [-0.2, 0) is 14.9 Å². The van der Waals surface area contributed by atoms with Gasteiger partial charge in [0.2, 0.25) is 0 Å². The maximum atomic E-state index is 12.0. The topological polar surface area (TPSA) is 109 Å². The average molecular weight is 306 g/mol. The molecule has 7 nitrogen and oxygen atoms in total. The zero-order valence-electron chi connectivity index (χ0n) is 10.3. The first-order valence-electron chi connectivity index (χ1n) is 5.22. The molecule has 0 aromatic carbocycles. The van der Waals surface area contributed by atoms with Crippen LogP contribution in [0.1, 0.15) is 6.42 Å². The van der Waals surface area contributed by atoms with Gasteiger partial charge in [-0.05, 0) is 0 Å². The molecule has 0 amide bonds. The van der Waals surface area contributed by atoms with Crippen LogP contribution in [0.4, 0.5) is 13.2 Å². The van der Waals surface area contributed by atoms with E-state index < -0.39 is 22.9 Å². The van der Waals surface area contributed by atoms with Gasteiger partial charge in [-0.15, -0.1) is 0 Å². The minimum atomic E-state index is -4.64. The number of nitrogens with two attached hydrogens (primary N) is 1. The maximum Gasteiger partial charge on any atom is 0.402 e. The summed E-state index contributed by atoms with van der Waals surface area (Å²) in [6.07, 6.45) is -4.71. The Morgan fingerprint density at radius 2 is 2.00 bits per heavy atom. The molecule has 114 valence electrons. The van der Waals surface area contributed by atoms with Gasteiger partial charge in [-0.25, -0.2) is 0 Å². The molecule has 4 N–H and O–H groups in total. The van der Waals surface area contributed by atoms with E-state index in [1.165, 1.54) is 11.8 Å². The van der Waals surface area contributed by atoms with Gasteiger partial charge in [0.25, 0.3) is 10.2 Å². The summed E-state index contributed by atoms with van der Waals surface area (Å²) in [5.41, 5.74) is 5.09. The quantitative estimate of drug-likeness (QED) is 0.400. The van der Waals surface area contributed by atoms with Gasteiger partial charge in [0.1, 0.15) is 6.54 Å². The number of nitrogens with zero attached hydrogens (tertiary/aromatic N) is 1. The molecule has 0 unspecified atom stereocenters. The second-order valence-electron chi connectivity index (χ2n) is 3.61. The predicted octanol–water partition coefficient (Wildman–Crippen LogP) is -0.342. The van der Waals surface area contributed by atoms with E-state index >= 15 is 0 Å². The fraction of sp³-hybridized carbons (Fsp3) is 0.875. The van der Waals surface area contributed by atoms with E-state index in [9.17, 15) is 21.6 Å². The molecule has 0 spiro atoms. The third-order valence-corrected chi connectivity index (χ3v) is 3.52. The zero-order valence-corrected chi connectivity index (χ0v) is 11.1. The fourth-order valence-electron chi connectivity index (χ4n) is 1.05. The van der Waals surface area contributed by atoms with Crippen LogP contribution in [0.15, 0.2) is 0 Å². The number of halogens is 3. The summed E-state index contributed by atoms with van der Waals surface area (Å²) in [4.78, 5) is 0. The van der Waals surface area contributed by atoms with Crippen LogP contribution in [0, 0.1) is 5.41 Å². The summed E-state index contributed by atoms with van der Waals surface area (Å²) >= 11 is 0. The van der Waals surface area contributed by atoms with Crippen LogP contribution in [0.2, 0.25) is 0 Å². The zero-order chi connectivity index (χ0) is 15.1. The van der Waals surface area contributed by atoms with Gasteiger partial charge in [0.05, 0.1) is 12.4 Å². The van der Waals surface area contributed by atoms with Crippen LogP contribution in [0.3, 0.4) is 0 Å². The Hall–Kier alpha value is -0.910. The Labute approximate surface area is 109 Å². The van der Waals surface area contributed by atoms with Crippen LogP contribution in [0.5, 0.6) is 0 Å². The molecule has 0 saturated carbocycles. The largest absolute Gasteiger partial charge is 0.402 e. The minimum Gasteiger partial charge on any atom is -0.388 e. The third-order valence-electron chi connectivity index (χ3n) is 1.97. The number of hydrogen-bond acceptors (Lipinski definition) is 4. The smallest absolute Gasteiger partial charge is 0.388 e. The molecule has 0 radical (unpaired) electrons. The highest BCUT2D eigenvalue weighted by Gasteiger charge is 2.31. The van der Waals surface area contributed by atoms with Crippen LogP contribution in [0.25, 0.3) is 0 Å². The SMILES string of the molecule is COCCN(CCC(=N)N)S(=O)(=O)NCC(F)(F)F. The van der Waals surface area contributed by atoms with E-state index in [4.69, 9.17) is 11.1 Å². The molecule has 0 saturated heterocycles. The third kappa shape index (κ3) is 8.75. The molecule has 19 heavy (non-hydrogen) atoms. The molecule has 0 aliphatic carbocycles. The average Bonchev–Trinajstić information content (AvgIpc) is 2.25. The van der Waals surface area contributed by atoms with Gasteiger partial charge >= 0.3 is 6.18 Å². The lowest BCUT2D eigenvalue weighted by atomic mass is 10.4. The highest BCUT2D eigenvalue weighted by atomic mass is 32.2. The summed E-state index contributed by atoms with van der Waals surface area (Å²) < 4.78 is 66.1. The Morgan fingerprint density at radius 3 is 2.42 bits per heavy atom. The first kappa shape index (κ1) is 18.1. The number of ether oxygens (including phenoxy) is 1. The van der Waals surface area contributed by atoms with Crippen molar-refractivity contribution < 1.29 is 26.3 Å².